The molecule has 0 radical (unpaired) electrons. The Balaban J connectivity index is 1.82. The van der Waals surface area contributed by atoms with Gasteiger partial charge in [-0.25, -0.2) is 0 Å². The lowest BCUT2D eigenvalue weighted by Gasteiger charge is -2.33. The minimum Gasteiger partial charge on any atom is -0.0841 e. The minimum atomic E-state index is 0.297. The Morgan fingerprint density at radius 1 is 0.700 bits per heavy atom. The molecule has 0 aromatic carbocycles. The molecule has 0 bridgehead atoms. The molecule has 0 N–H and O–H groups in total. The van der Waals surface area contributed by atoms with Crippen molar-refractivity contribution in [2.45, 2.75) is 114 Å². The van der Waals surface area contributed by atoms with E-state index in [2.05, 4.69) is 148 Å². The van der Waals surface area contributed by atoms with Gasteiger partial charge in [0.15, 0.2) is 0 Å². The van der Waals surface area contributed by atoms with E-state index in [0.29, 0.717) is 16.7 Å². The van der Waals surface area contributed by atoms with Crippen molar-refractivity contribution in [2.75, 3.05) is 0 Å². The molecule has 0 amide bonds. The average Bonchev–Trinajstić information content (AvgIpc) is 2.85. The van der Waals surface area contributed by atoms with Gasteiger partial charge in [0, 0.05) is 0 Å². The highest BCUT2D eigenvalue weighted by atomic mass is 14.3. The van der Waals surface area contributed by atoms with Crippen molar-refractivity contribution in [3.8, 4) is 0 Å². The molecule has 2 aliphatic rings. The zero-order chi connectivity index (χ0) is 29.8. The summed E-state index contributed by atoms with van der Waals surface area (Å²) in [6.07, 6.45) is 38.0. The Morgan fingerprint density at radius 2 is 1.20 bits per heavy atom. The van der Waals surface area contributed by atoms with Crippen LogP contribution in [0.25, 0.3) is 0 Å². The SMILES string of the molecule is CC1=C(/C=C/C(C)=C/C=C/C(C)=C/C/C=C/C(C)/C=C/C=C(C)/C=C/C2=C(C)CCCC2(C)C)C(C)(C)CCC1. The van der Waals surface area contributed by atoms with Crippen LogP contribution in [0.3, 0.4) is 0 Å². The van der Waals surface area contributed by atoms with Crippen LogP contribution >= 0.6 is 0 Å². The van der Waals surface area contributed by atoms with Crippen LogP contribution in [0.2, 0.25) is 0 Å². The first-order chi connectivity index (χ1) is 18.8. The molecular formula is C40H58. The minimum absolute atomic E-state index is 0.297. The first-order valence-corrected chi connectivity index (χ1v) is 15.6. The molecule has 1 atom stereocenters. The number of allylic oxidation sites excluding steroid dienone is 20. The van der Waals surface area contributed by atoms with Crippen LogP contribution in [-0.4, -0.2) is 0 Å². The van der Waals surface area contributed by atoms with Gasteiger partial charge in [-0.2, -0.15) is 0 Å². The molecule has 1 unspecified atom stereocenters. The molecule has 0 aromatic heterocycles. The van der Waals surface area contributed by atoms with Crippen molar-refractivity contribution < 1.29 is 0 Å². The second-order valence-electron chi connectivity index (χ2n) is 13.6. The highest BCUT2D eigenvalue weighted by Gasteiger charge is 2.27. The van der Waals surface area contributed by atoms with Crippen LogP contribution in [0.4, 0.5) is 0 Å². The van der Waals surface area contributed by atoms with Gasteiger partial charge in [-0.3, -0.25) is 0 Å². The molecule has 0 spiro atoms. The maximum absolute atomic E-state index is 2.38. The summed E-state index contributed by atoms with van der Waals surface area (Å²) in [7, 11) is 0. The highest BCUT2D eigenvalue weighted by Crippen LogP contribution is 2.41. The van der Waals surface area contributed by atoms with Gasteiger partial charge >= 0.3 is 0 Å². The third kappa shape index (κ3) is 11.5. The molecule has 40 heavy (non-hydrogen) atoms. The molecule has 0 heteroatoms. The van der Waals surface area contributed by atoms with Gasteiger partial charge in [-0.05, 0) is 107 Å². The van der Waals surface area contributed by atoms with E-state index >= 15 is 0 Å². The summed E-state index contributed by atoms with van der Waals surface area (Å²) in [5.41, 5.74) is 10.6. The molecule has 218 valence electrons. The maximum atomic E-state index is 2.38. The van der Waals surface area contributed by atoms with E-state index in [-0.39, 0.29) is 0 Å². The van der Waals surface area contributed by atoms with E-state index in [1.54, 1.807) is 11.1 Å². The van der Waals surface area contributed by atoms with Gasteiger partial charge in [-0.15, -0.1) is 0 Å². The van der Waals surface area contributed by atoms with Crippen molar-refractivity contribution in [1.82, 2.24) is 0 Å². The Labute approximate surface area is 248 Å². The number of rotatable bonds is 11. The van der Waals surface area contributed by atoms with Crippen molar-refractivity contribution in [1.29, 1.82) is 0 Å². The summed E-state index contributed by atoms with van der Waals surface area (Å²) in [6, 6.07) is 0. The Morgan fingerprint density at radius 3 is 1.70 bits per heavy atom. The molecule has 0 saturated carbocycles. The lowest BCUT2D eigenvalue weighted by atomic mass is 9.72. The molecule has 2 aliphatic carbocycles. The zero-order valence-electron chi connectivity index (χ0n) is 27.5. The molecule has 0 heterocycles. The monoisotopic (exact) mass is 538 g/mol. The van der Waals surface area contributed by atoms with Gasteiger partial charge in [0.25, 0.3) is 0 Å². The van der Waals surface area contributed by atoms with E-state index in [9.17, 15) is 0 Å². The van der Waals surface area contributed by atoms with E-state index in [4.69, 9.17) is 0 Å². The lowest BCUT2D eigenvalue weighted by Crippen LogP contribution is -2.19. The summed E-state index contributed by atoms with van der Waals surface area (Å²) in [6.45, 7) is 22.9. The number of hydrogen-bond donors (Lipinski definition) is 0. The highest BCUT2D eigenvalue weighted by molar-refractivity contribution is 5.38. The molecule has 2 rings (SSSR count). The predicted octanol–water partition coefficient (Wildman–Crippen LogP) is 12.7. The standard InChI is InChI=1S/C40H58/c1-31(19-13-21-33(3)25-27-37-35(5)23-15-29-39(37,7)8)17-11-12-18-32(2)20-14-22-34(4)26-28-38-36(6)24-16-30-40(38,9)10/h11,13-14,17-22,25-28,31H,12,15-16,23-24,29-30H2,1-10H3/b17-11+,19-13+,20-14+,27-25+,28-26+,32-18+,33-21+,34-22+. The van der Waals surface area contributed by atoms with Gasteiger partial charge in [0.2, 0.25) is 0 Å². The predicted molar refractivity (Wildman–Crippen MR) is 181 cm³/mol. The molecule has 0 fully saturated rings. The molecule has 0 saturated heterocycles. The second-order valence-corrected chi connectivity index (χ2v) is 13.6. The van der Waals surface area contributed by atoms with Crippen molar-refractivity contribution in [3.63, 3.8) is 0 Å². The molecule has 0 aliphatic heterocycles. The zero-order valence-corrected chi connectivity index (χ0v) is 27.5. The first kappa shape index (κ1) is 33.6. The molecule has 0 aromatic rings. The largest absolute Gasteiger partial charge is 0.0841 e. The van der Waals surface area contributed by atoms with Crippen molar-refractivity contribution >= 4 is 0 Å². The quantitative estimate of drug-likeness (QED) is 0.181. The van der Waals surface area contributed by atoms with Crippen LogP contribution in [0.1, 0.15) is 114 Å². The van der Waals surface area contributed by atoms with E-state index in [1.165, 1.54) is 66.4 Å². The third-order valence-electron chi connectivity index (χ3n) is 8.62. The number of hydrogen-bond acceptors (Lipinski definition) is 0. The fourth-order valence-corrected chi connectivity index (χ4v) is 5.97. The van der Waals surface area contributed by atoms with Crippen LogP contribution < -0.4 is 0 Å². The fraction of sp³-hybridized carbons (Fsp3) is 0.500. The van der Waals surface area contributed by atoms with Gasteiger partial charge in [0.05, 0.1) is 0 Å². The maximum Gasteiger partial charge on any atom is -0.00787 e. The summed E-state index contributed by atoms with van der Waals surface area (Å²) >= 11 is 0. The Hall–Kier alpha value is -2.60. The second kappa shape index (κ2) is 16.0. The van der Waals surface area contributed by atoms with Gasteiger partial charge < -0.3 is 0 Å². The van der Waals surface area contributed by atoms with E-state index in [0.717, 1.165) is 6.42 Å². The van der Waals surface area contributed by atoms with Gasteiger partial charge in [-0.1, -0.05) is 141 Å². The normalized spacial score (nSPS) is 22.3. The first-order valence-electron chi connectivity index (χ1n) is 15.6. The lowest BCUT2D eigenvalue weighted by molar-refractivity contribution is 0.376. The Bertz CT molecular complexity index is 1150. The topological polar surface area (TPSA) is 0 Å². The Kier molecular flexibility index (Phi) is 13.4. The summed E-state index contributed by atoms with van der Waals surface area (Å²) in [4.78, 5) is 0. The van der Waals surface area contributed by atoms with Gasteiger partial charge in [0.1, 0.15) is 0 Å². The molecular weight excluding hydrogens is 480 g/mol. The summed E-state index contributed by atoms with van der Waals surface area (Å²) < 4.78 is 0. The van der Waals surface area contributed by atoms with Crippen molar-refractivity contribution in [3.05, 3.63) is 118 Å². The van der Waals surface area contributed by atoms with Crippen LogP contribution in [0.15, 0.2) is 118 Å². The average molecular weight is 539 g/mol. The van der Waals surface area contributed by atoms with Crippen LogP contribution in [-0.2, 0) is 0 Å². The fourth-order valence-electron chi connectivity index (χ4n) is 5.97. The third-order valence-corrected chi connectivity index (χ3v) is 8.62. The molecule has 0 nitrogen and oxygen atoms in total. The van der Waals surface area contributed by atoms with E-state index < -0.39 is 0 Å². The summed E-state index contributed by atoms with van der Waals surface area (Å²) in [5, 5.41) is 0. The summed E-state index contributed by atoms with van der Waals surface area (Å²) in [5.74, 6) is 0.421. The van der Waals surface area contributed by atoms with Crippen LogP contribution in [0.5, 0.6) is 0 Å². The van der Waals surface area contributed by atoms with Crippen molar-refractivity contribution in [2.24, 2.45) is 16.7 Å². The van der Waals surface area contributed by atoms with Crippen LogP contribution in [0, 0.1) is 16.7 Å². The van der Waals surface area contributed by atoms with E-state index in [1.807, 2.05) is 0 Å². The smallest absolute Gasteiger partial charge is 0.00787 e.